The molecule has 0 aliphatic carbocycles. The van der Waals surface area contributed by atoms with E-state index in [4.69, 9.17) is 0 Å². The third-order valence-corrected chi connectivity index (χ3v) is 3.81. The van der Waals surface area contributed by atoms with Crippen LogP contribution in [-0.2, 0) is 0 Å². The zero-order valence-corrected chi connectivity index (χ0v) is 11.9. The Kier molecular flexibility index (Phi) is 4.52. The Morgan fingerprint density at radius 2 is 2.06 bits per heavy atom. The van der Waals surface area contributed by atoms with Gasteiger partial charge in [0.25, 0.3) is 0 Å². The van der Waals surface area contributed by atoms with E-state index in [-0.39, 0.29) is 5.54 Å². The molecular weight excluding hydrogens is 210 g/mol. The number of hydrogen-bond acceptors (Lipinski definition) is 3. The molecule has 0 bridgehead atoms. The number of pyridine rings is 1. The average Bonchev–Trinajstić information content (AvgIpc) is 2.37. The van der Waals surface area contributed by atoms with Crippen LogP contribution in [0.1, 0.15) is 45.9 Å². The Balaban J connectivity index is 2.88. The monoisotopic (exact) mass is 235 g/mol. The molecule has 1 heterocycles. The first-order valence-corrected chi connectivity index (χ1v) is 6.29. The number of rotatable bonds is 5. The number of nitrogens with zero attached hydrogens (tertiary/aromatic N) is 2. The first kappa shape index (κ1) is 14.0. The van der Waals surface area contributed by atoms with Crippen molar-refractivity contribution < 1.29 is 0 Å². The first-order valence-electron chi connectivity index (χ1n) is 6.29. The van der Waals surface area contributed by atoms with Crippen LogP contribution in [-0.4, -0.2) is 24.6 Å². The summed E-state index contributed by atoms with van der Waals surface area (Å²) in [4.78, 5) is 6.80. The van der Waals surface area contributed by atoms with Gasteiger partial charge in [0.05, 0.1) is 17.6 Å². The molecule has 1 aromatic heterocycles. The van der Waals surface area contributed by atoms with Crippen LogP contribution >= 0.6 is 0 Å². The lowest BCUT2D eigenvalue weighted by Crippen LogP contribution is -2.40. The molecule has 1 N–H and O–H groups in total. The molecule has 0 fully saturated rings. The Morgan fingerprint density at radius 1 is 1.41 bits per heavy atom. The molecular formula is C14H25N3. The molecule has 0 amide bonds. The maximum atomic E-state index is 4.51. The van der Waals surface area contributed by atoms with Gasteiger partial charge in [-0.2, -0.15) is 0 Å². The lowest BCUT2D eigenvalue weighted by molar-refractivity contribution is 0.470. The normalized spacial score (nSPS) is 13.5. The lowest BCUT2D eigenvalue weighted by Gasteiger charge is -2.36. The number of nitrogens with one attached hydrogen (secondary N) is 1. The predicted octanol–water partition coefficient (Wildman–Crippen LogP) is 2.99. The van der Waals surface area contributed by atoms with Crippen LogP contribution in [0.4, 0.5) is 5.69 Å². The summed E-state index contributed by atoms with van der Waals surface area (Å²) in [6.45, 7) is 8.82. The van der Waals surface area contributed by atoms with Crippen molar-refractivity contribution in [3.63, 3.8) is 0 Å². The van der Waals surface area contributed by atoms with Gasteiger partial charge in [0, 0.05) is 18.6 Å². The fourth-order valence-corrected chi connectivity index (χ4v) is 1.59. The third-order valence-electron chi connectivity index (χ3n) is 3.81. The highest BCUT2D eigenvalue weighted by atomic mass is 15.2. The van der Waals surface area contributed by atoms with Gasteiger partial charge in [0.2, 0.25) is 0 Å². The quantitative estimate of drug-likeness (QED) is 0.850. The summed E-state index contributed by atoms with van der Waals surface area (Å²) in [7, 11) is 4.08. The summed E-state index contributed by atoms with van der Waals surface area (Å²) in [6, 6.07) is 4.54. The predicted molar refractivity (Wildman–Crippen MR) is 74.5 cm³/mol. The van der Waals surface area contributed by atoms with E-state index in [2.05, 4.69) is 62.1 Å². The van der Waals surface area contributed by atoms with E-state index >= 15 is 0 Å². The van der Waals surface area contributed by atoms with E-state index in [0.717, 1.165) is 12.1 Å². The third kappa shape index (κ3) is 3.19. The van der Waals surface area contributed by atoms with Crippen LogP contribution in [0.25, 0.3) is 0 Å². The van der Waals surface area contributed by atoms with Crippen LogP contribution in [0, 0.1) is 0 Å². The highest BCUT2D eigenvalue weighted by molar-refractivity contribution is 5.46. The van der Waals surface area contributed by atoms with Gasteiger partial charge in [-0.3, -0.25) is 4.98 Å². The fraction of sp³-hybridized carbons (Fsp3) is 0.643. The van der Waals surface area contributed by atoms with Crippen LogP contribution in [0.15, 0.2) is 18.3 Å². The van der Waals surface area contributed by atoms with Crippen molar-refractivity contribution in [2.75, 3.05) is 19.0 Å². The van der Waals surface area contributed by atoms with Gasteiger partial charge in [0.15, 0.2) is 0 Å². The molecule has 0 aliphatic rings. The molecule has 1 rings (SSSR count). The van der Waals surface area contributed by atoms with Crippen molar-refractivity contribution in [1.82, 2.24) is 10.3 Å². The van der Waals surface area contributed by atoms with Gasteiger partial charge in [-0.15, -0.1) is 0 Å². The fourth-order valence-electron chi connectivity index (χ4n) is 1.59. The second-order valence-electron chi connectivity index (χ2n) is 5.18. The molecule has 1 aromatic rings. The largest absolute Gasteiger partial charge is 0.368 e. The minimum absolute atomic E-state index is 0.165. The summed E-state index contributed by atoms with van der Waals surface area (Å²) in [5.74, 6) is 0. The van der Waals surface area contributed by atoms with Gasteiger partial charge in [-0.1, -0.05) is 6.92 Å². The minimum atomic E-state index is 0.165. The molecule has 0 spiro atoms. The van der Waals surface area contributed by atoms with E-state index < -0.39 is 0 Å². The Bertz CT molecular complexity index is 343. The summed E-state index contributed by atoms with van der Waals surface area (Å²) in [6.07, 6.45) is 3.07. The molecule has 96 valence electrons. The van der Waals surface area contributed by atoms with Gasteiger partial charge in [0.1, 0.15) is 0 Å². The van der Waals surface area contributed by atoms with E-state index in [1.54, 1.807) is 0 Å². The smallest absolute Gasteiger partial charge is 0.0571 e. The van der Waals surface area contributed by atoms with Crippen molar-refractivity contribution in [3.8, 4) is 0 Å². The summed E-state index contributed by atoms with van der Waals surface area (Å²) < 4.78 is 0. The summed E-state index contributed by atoms with van der Waals surface area (Å²) in [5.41, 5.74) is 2.42. The van der Waals surface area contributed by atoms with Crippen molar-refractivity contribution >= 4 is 5.69 Å². The standard InChI is InChI=1S/C14H25N3/c1-7-14(3,4)17(6)12-8-9-13(16-10-12)11(2)15-5/h8-11,15H,7H2,1-6H3. The SMILES string of the molecule is CCC(C)(C)N(C)c1ccc(C(C)NC)nc1. The van der Waals surface area contributed by atoms with Crippen molar-refractivity contribution in [3.05, 3.63) is 24.0 Å². The molecule has 0 aliphatic heterocycles. The molecule has 0 aromatic carbocycles. The Labute approximate surface area is 105 Å². The summed E-state index contributed by atoms with van der Waals surface area (Å²) in [5, 5.41) is 3.20. The Hall–Kier alpha value is -1.09. The van der Waals surface area contributed by atoms with E-state index in [9.17, 15) is 0 Å². The highest BCUT2D eigenvalue weighted by Gasteiger charge is 2.21. The number of aromatic nitrogens is 1. The zero-order valence-electron chi connectivity index (χ0n) is 11.9. The molecule has 0 saturated carbocycles. The molecule has 3 nitrogen and oxygen atoms in total. The van der Waals surface area contributed by atoms with Gasteiger partial charge in [-0.25, -0.2) is 0 Å². The molecule has 3 heteroatoms. The molecule has 0 saturated heterocycles. The van der Waals surface area contributed by atoms with E-state index in [1.807, 2.05) is 13.2 Å². The van der Waals surface area contributed by atoms with Crippen molar-refractivity contribution in [2.24, 2.45) is 0 Å². The second-order valence-corrected chi connectivity index (χ2v) is 5.18. The van der Waals surface area contributed by atoms with Crippen LogP contribution in [0.2, 0.25) is 0 Å². The topological polar surface area (TPSA) is 28.2 Å². The molecule has 17 heavy (non-hydrogen) atoms. The zero-order chi connectivity index (χ0) is 13.1. The number of anilines is 1. The van der Waals surface area contributed by atoms with Gasteiger partial charge < -0.3 is 10.2 Å². The van der Waals surface area contributed by atoms with Crippen LogP contribution in [0.5, 0.6) is 0 Å². The van der Waals surface area contributed by atoms with E-state index in [1.165, 1.54) is 5.69 Å². The first-order chi connectivity index (χ1) is 7.92. The molecule has 1 atom stereocenters. The van der Waals surface area contributed by atoms with Crippen molar-refractivity contribution in [2.45, 2.75) is 45.7 Å². The van der Waals surface area contributed by atoms with Gasteiger partial charge >= 0.3 is 0 Å². The Morgan fingerprint density at radius 3 is 2.47 bits per heavy atom. The van der Waals surface area contributed by atoms with Gasteiger partial charge in [-0.05, 0) is 46.4 Å². The minimum Gasteiger partial charge on any atom is -0.368 e. The average molecular weight is 235 g/mol. The second kappa shape index (κ2) is 5.50. The molecule has 0 radical (unpaired) electrons. The van der Waals surface area contributed by atoms with Crippen LogP contribution < -0.4 is 10.2 Å². The summed E-state index contributed by atoms with van der Waals surface area (Å²) >= 11 is 0. The number of hydrogen-bond donors (Lipinski definition) is 1. The molecule has 1 unspecified atom stereocenters. The van der Waals surface area contributed by atoms with Crippen LogP contribution in [0.3, 0.4) is 0 Å². The lowest BCUT2D eigenvalue weighted by atomic mass is 9.99. The van der Waals surface area contributed by atoms with Crippen molar-refractivity contribution in [1.29, 1.82) is 0 Å². The highest BCUT2D eigenvalue weighted by Crippen LogP contribution is 2.24. The maximum absolute atomic E-state index is 4.51. The van der Waals surface area contributed by atoms with E-state index in [0.29, 0.717) is 6.04 Å². The maximum Gasteiger partial charge on any atom is 0.0571 e.